The summed E-state index contributed by atoms with van der Waals surface area (Å²) in [6.45, 7) is 4.53. The van der Waals surface area contributed by atoms with E-state index in [2.05, 4.69) is 5.32 Å². The van der Waals surface area contributed by atoms with Crippen molar-refractivity contribution in [2.45, 2.75) is 20.0 Å². The van der Waals surface area contributed by atoms with Crippen molar-refractivity contribution in [2.75, 3.05) is 37.4 Å². The van der Waals surface area contributed by atoms with Gasteiger partial charge in [-0.3, -0.25) is 9.59 Å². The number of nitrogens with one attached hydrogen (secondary N) is 1. The molecule has 0 saturated carbocycles. The fourth-order valence-electron chi connectivity index (χ4n) is 2.22. The molecule has 0 fully saturated rings. The van der Waals surface area contributed by atoms with E-state index in [4.69, 9.17) is 4.74 Å². The first-order chi connectivity index (χ1) is 9.88. The molecule has 0 saturated heterocycles. The van der Waals surface area contributed by atoms with Crippen LogP contribution in [0.3, 0.4) is 0 Å². The molecule has 21 heavy (non-hydrogen) atoms. The minimum absolute atomic E-state index is 0.0654. The highest BCUT2D eigenvalue weighted by molar-refractivity contribution is 6.01. The van der Waals surface area contributed by atoms with Crippen LogP contribution in [-0.2, 0) is 9.59 Å². The summed E-state index contributed by atoms with van der Waals surface area (Å²) in [5.41, 5.74) is 1.35. The van der Waals surface area contributed by atoms with Crippen molar-refractivity contribution in [2.24, 2.45) is 0 Å². The van der Waals surface area contributed by atoms with E-state index < -0.39 is 6.10 Å². The molecular weight excluding hydrogens is 270 g/mol. The Morgan fingerprint density at radius 3 is 2.76 bits per heavy atom. The second-order valence-electron chi connectivity index (χ2n) is 5.42. The second kappa shape index (κ2) is 6.13. The van der Waals surface area contributed by atoms with E-state index in [1.165, 1.54) is 6.92 Å². The minimum atomic E-state index is -0.494. The first kappa shape index (κ1) is 15.3. The smallest absolute Gasteiger partial charge is 0.267 e. The molecular formula is C15H21N3O3. The average Bonchev–Trinajstić information content (AvgIpc) is 2.39. The molecule has 1 aromatic rings. The maximum Gasteiger partial charge on any atom is 0.267 e. The van der Waals surface area contributed by atoms with Crippen LogP contribution in [0.25, 0.3) is 0 Å². The van der Waals surface area contributed by atoms with Crippen molar-refractivity contribution in [1.82, 2.24) is 4.90 Å². The fourth-order valence-corrected chi connectivity index (χ4v) is 2.22. The van der Waals surface area contributed by atoms with Crippen molar-refractivity contribution in [3.05, 3.63) is 18.2 Å². The molecule has 1 aromatic carbocycles. The molecule has 1 aliphatic heterocycles. The van der Waals surface area contributed by atoms with Crippen LogP contribution in [0.4, 0.5) is 11.4 Å². The SMILES string of the molecule is CC(=O)Nc1ccc2c(c1)N(CCN(C)C)C(=O)C(C)O2. The lowest BCUT2D eigenvalue weighted by Gasteiger charge is -2.34. The third-order valence-electron chi connectivity index (χ3n) is 3.26. The van der Waals surface area contributed by atoms with Crippen molar-refractivity contribution in [3.63, 3.8) is 0 Å². The minimum Gasteiger partial charge on any atom is -0.479 e. The van der Waals surface area contributed by atoms with Crippen LogP contribution >= 0.6 is 0 Å². The number of ether oxygens (including phenoxy) is 1. The molecule has 1 N–H and O–H groups in total. The second-order valence-corrected chi connectivity index (χ2v) is 5.42. The van der Waals surface area contributed by atoms with Crippen molar-refractivity contribution >= 4 is 23.2 Å². The Morgan fingerprint density at radius 1 is 1.43 bits per heavy atom. The van der Waals surface area contributed by atoms with Gasteiger partial charge >= 0.3 is 0 Å². The average molecular weight is 291 g/mol. The Balaban J connectivity index is 2.32. The van der Waals surface area contributed by atoms with Crippen molar-refractivity contribution in [1.29, 1.82) is 0 Å². The quantitative estimate of drug-likeness (QED) is 0.909. The maximum absolute atomic E-state index is 12.3. The molecule has 0 aromatic heterocycles. The standard InChI is InChI=1S/C15H21N3O3/c1-10-15(20)18(8-7-17(3)4)13-9-12(16-11(2)19)5-6-14(13)21-10/h5-6,9-10H,7-8H2,1-4H3,(H,16,19). The van der Waals surface area contributed by atoms with Gasteiger partial charge in [-0.1, -0.05) is 0 Å². The van der Waals surface area contributed by atoms with Gasteiger partial charge in [0.2, 0.25) is 5.91 Å². The zero-order chi connectivity index (χ0) is 15.6. The lowest BCUT2D eigenvalue weighted by atomic mass is 10.1. The van der Waals surface area contributed by atoms with E-state index in [1.807, 2.05) is 19.0 Å². The predicted octanol–water partition coefficient (Wildman–Crippen LogP) is 1.32. The zero-order valence-electron chi connectivity index (χ0n) is 12.8. The van der Waals surface area contributed by atoms with Gasteiger partial charge in [-0.25, -0.2) is 0 Å². The van der Waals surface area contributed by atoms with Gasteiger partial charge in [-0.15, -0.1) is 0 Å². The lowest BCUT2D eigenvalue weighted by Crippen LogP contribution is -2.46. The molecule has 2 amide bonds. The molecule has 0 radical (unpaired) electrons. The monoisotopic (exact) mass is 291 g/mol. The Morgan fingerprint density at radius 2 is 2.14 bits per heavy atom. The molecule has 2 rings (SSSR count). The zero-order valence-corrected chi connectivity index (χ0v) is 12.8. The molecule has 6 heteroatoms. The van der Waals surface area contributed by atoms with Gasteiger partial charge in [0.05, 0.1) is 5.69 Å². The highest BCUT2D eigenvalue weighted by atomic mass is 16.5. The van der Waals surface area contributed by atoms with Gasteiger partial charge < -0.3 is 19.9 Å². The van der Waals surface area contributed by atoms with Crippen LogP contribution in [0.1, 0.15) is 13.8 Å². The van der Waals surface area contributed by atoms with Crippen LogP contribution in [0.15, 0.2) is 18.2 Å². The van der Waals surface area contributed by atoms with Gasteiger partial charge in [-0.2, -0.15) is 0 Å². The number of likely N-dealkylation sites (N-methyl/N-ethyl adjacent to an activating group) is 1. The summed E-state index contributed by atoms with van der Waals surface area (Å²) in [5, 5.41) is 2.72. The molecule has 0 spiro atoms. The molecule has 1 unspecified atom stereocenters. The van der Waals surface area contributed by atoms with Gasteiger partial charge in [0.15, 0.2) is 6.10 Å². The van der Waals surface area contributed by atoms with Crippen molar-refractivity contribution in [3.8, 4) is 5.75 Å². The lowest BCUT2D eigenvalue weighted by molar-refractivity contribution is -0.125. The van der Waals surface area contributed by atoms with Crippen LogP contribution in [0.2, 0.25) is 0 Å². The summed E-state index contributed by atoms with van der Waals surface area (Å²) in [5.74, 6) is 0.450. The van der Waals surface area contributed by atoms with E-state index in [9.17, 15) is 9.59 Å². The van der Waals surface area contributed by atoms with E-state index in [0.717, 1.165) is 6.54 Å². The summed E-state index contributed by atoms with van der Waals surface area (Å²) >= 11 is 0. The van der Waals surface area contributed by atoms with Crippen molar-refractivity contribution < 1.29 is 14.3 Å². The third kappa shape index (κ3) is 3.52. The first-order valence-electron chi connectivity index (χ1n) is 6.93. The molecule has 0 aliphatic carbocycles. The van der Waals surface area contributed by atoms with Gasteiger partial charge in [0.25, 0.3) is 5.91 Å². The summed E-state index contributed by atoms with van der Waals surface area (Å²) in [7, 11) is 3.92. The molecule has 0 bridgehead atoms. The molecule has 1 atom stereocenters. The van der Waals surface area contributed by atoms with Crippen LogP contribution in [0, 0.1) is 0 Å². The first-order valence-corrected chi connectivity index (χ1v) is 6.93. The number of rotatable bonds is 4. The van der Waals surface area contributed by atoms with E-state index in [1.54, 1.807) is 30.0 Å². The molecule has 114 valence electrons. The van der Waals surface area contributed by atoms with Gasteiger partial charge in [0, 0.05) is 25.7 Å². The number of amides is 2. The summed E-state index contributed by atoms with van der Waals surface area (Å²) in [6, 6.07) is 5.33. The highest BCUT2D eigenvalue weighted by Gasteiger charge is 2.31. The maximum atomic E-state index is 12.3. The van der Waals surface area contributed by atoms with Crippen LogP contribution in [0.5, 0.6) is 5.75 Å². The molecule has 1 aliphatic rings. The Hall–Kier alpha value is -2.08. The number of anilines is 2. The number of carbonyl (C=O) groups is 2. The largest absolute Gasteiger partial charge is 0.479 e. The van der Waals surface area contributed by atoms with E-state index in [0.29, 0.717) is 23.7 Å². The van der Waals surface area contributed by atoms with Crippen LogP contribution < -0.4 is 15.0 Å². The topological polar surface area (TPSA) is 61.9 Å². The Bertz CT molecular complexity index is 557. The number of benzene rings is 1. The number of carbonyl (C=O) groups excluding carboxylic acids is 2. The fraction of sp³-hybridized carbons (Fsp3) is 0.467. The highest BCUT2D eigenvalue weighted by Crippen LogP contribution is 2.36. The van der Waals surface area contributed by atoms with Crippen LogP contribution in [-0.4, -0.2) is 50.0 Å². The Kier molecular flexibility index (Phi) is 4.47. The summed E-state index contributed by atoms with van der Waals surface area (Å²) < 4.78 is 5.62. The van der Waals surface area contributed by atoms with E-state index >= 15 is 0 Å². The van der Waals surface area contributed by atoms with E-state index in [-0.39, 0.29) is 11.8 Å². The number of fused-ring (bicyclic) bond motifs is 1. The molecule has 6 nitrogen and oxygen atoms in total. The van der Waals surface area contributed by atoms with Gasteiger partial charge in [0.1, 0.15) is 5.75 Å². The summed E-state index contributed by atoms with van der Waals surface area (Å²) in [4.78, 5) is 27.2. The number of hydrogen-bond acceptors (Lipinski definition) is 4. The normalized spacial score (nSPS) is 17.5. The number of hydrogen-bond donors (Lipinski definition) is 1. The molecule has 1 heterocycles. The Labute approximate surface area is 124 Å². The predicted molar refractivity (Wildman–Crippen MR) is 81.7 cm³/mol. The van der Waals surface area contributed by atoms with Gasteiger partial charge in [-0.05, 0) is 39.2 Å². The summed E-state index contributed by atoms with van der Waals surface area (Å²) in [6.07, 6.45) is -0.494. The number of nitrogens with zero attached hydrogens (tertiary/aromatic N) is 2. The third-order valence-corrected chi connectivity index (χ3v) is 3.26.